The summed E-state index contributed by atoms with van der Waals surface area (Å²) >= 11 is 0. The molecule has 0 radical (unpaired) electrons. The highest BCUT2D eigenvalue weighted by Crippen LogP contribution is 2.18. The van der Waals surface area contributed by atoms with Gasteiger partial charge >= 0.3 is 0 Å². The molecular weight excluding hydrogens is 168 g/mol. The van der Waals surface area contributed by atoms with E-state index < -0.39 is 6.04 Å². The lowest BCUT2D eigenvalue weighted by atomic mass is 10.1. The molecule has 1 aliphatic heterocycles. The second-order valence-corrected chi connectivity index (χ2v) is 3.56. The summed E-state index contributed by atoms with van der Waals surface area (Å²) in [6.07, 6.45) is 1.67. The number of nitrogens with two attached hydrogens (primary N) is 1. The Balaban J connectivity index is 2.68. The first-order valence-corrected chi connectivity index (χ1v) is 4.60. The van der Waals surface area contributed by atoms with Crippen LogP contribution in [0.25, 0.3) is 0 Å². The van der Waals surface area contributed by atoms with Crippen LogP contribution in [0.1, 0.15) is 26.7 Å². The third kappa shape index (κ3) is 2.06. The summed E-state index contributed by atoms with van der Waals surface area (Å²) in [4.78, 5) is 24.3. The van der Waals surface area contributed by atoms with Crippen LogP contribution in [0, 0.1) is 0 Å². The summed E-state index contributed by atoms with van der Waals surface area (Å²) in [7, 11) is 0. The van der Waals surface area contributed by atoms with Crippen molar-refractivity contribution < 1.29 is 9.59 Å². The van der Waals surface area contributed by atoms with E-state index in [0.29, 0.717) is 6.54 Å². The summed E-state index contributed by atoms with van der Waals surface area (Å²) < 4.78 is 0. The fraction of sp³-hybridized carbons (Fsp3) is 0.778. The molecule has 13 heavy (non-hydrogen) atoms. The number of Topliss-reactive ketones (excluding diaryl/α,β-unsaturated/α-hetero) is 1. The maximum absolute atomic E-state index is 11.5. The molecule has 1 rings (SSSR count). The number of carbonyl (C=O) groups excluding carboxylic acids is 2. The van der Waals surface area contributed by atoms with Crippen LogP contribution in [0.15, 0.2) is 0 Å². The zero-order chi connectivity index (χ0) is 10.0. The van der Waals surface area contributed by atoms with Crippen LogP contribution in [0.5, 0.6) is 0 Å². The highest BCUT2D eigenvalue weighted by atomic mass is 16.2. The Morgan fingerprint density at radius 3 is 2.62 bits per heavy atom. The molecular formula is C9H16N2O2. The van der Waals surface area contributed by atoms with Crippen LogP contribution >= 0.6 is 0 Å². The minimum atomic E-state index is -0.468. The Morgan fingerprint density at radius 2 is 2.15 bits per heavy atom. The standard InChI is InChI=1S/C9H16N2O2/c1-6(10)9(13)8-4-3-5-11(8)7(2)12/h6,8H,3-5,10H2,1-2H3. The summed E-state index contributed by atoms with van der Waals surface area (Å²) in [6, 6.07) is -0.734. The van der Waals surface area contributed by atoms with Crippen LogP contribution in [0.4, 0.5) is 0 Å². The van der Waals surface area contributed by atoms with Gasteiger partial charge in [0.15, 0.2) is 5.78 Å². The van der Waals surface area contributed by atoms with E-state index in [2.05, 4.69) is 0 Å². The number of hydrogen-bond acceptors (Lipinski definition) is 3. The average Bonchev–Trinajstić information content (AvgIpc) is 2.50. The molecule has 4 heteroatoms. The van der Waals surface area contributed by atoms with Crippen molar-refractivity contribution >= 4 is 11.7 Å². The molecule has 1 saturated heterocycles. The van der Waals surface area contributed by atoms with Crippen molar-refractivity contribution in [1.82, 2.24) is 4.90 Å². The van der Waals surface area contributed by atoms with E-state index in [1.165, 1.54) is 6.92 Å². The normalized spacial score (nSPS) is 24.5. The van der Waals surface area contributed by atoms with Gasteiger partial charge in [0.05, 0.1) is 12.1 Å². The zero-order valence-corrected chi connectivity index (χ0v) is 8.12. The highest BCUT2D eigenvalue weighted by Gasteiger charge is 2.33. The van der Waals surface area contributed by atoms with Crippen molar-refractivity contribution in [2.45, 2.75) is 38.8 Å². The SMILES string of the molecule is CC(=O)N1CCCC1C(=O)C(C)N. The Bertz CT molecular complexity index is 226. The minimum absolute atomic E-state index is 0.0206. The number of carbonyl (C=O) groups is 2. The van der Waals surface area contributed by atoms with Crippen LogP contribution in [-0.4, -0.2) is 35.2 Å². The maximum atomic E-state index is 11.5. The van der Waals surface area contributed by atoms with Crippen LogP contribution in [0.3, 0.4) is 0 Å². The van der Waals surface area contributed by atoms with Gasteiger partial charge in [-0.25, -0.2) is 0 Å². The molecule has 0 aromatic heterocycles. The van der Waals surface area contributed by atoms with Crippen LogP contribution in [0.2, 0.25) is 0 Å². The van der Waals surface area contributed by atoms with Gasteiger partial charge in [0.1, 0.15) is 0 Å². The van der Waals surface area contributed by atoms with Crippen molar-refractivity contribution in [1.29, 1.82) is 0 Å². The second kappa shape index (κ2) is 3.87. The fourth-order valence-corrected chi connectivity index (χ4v) is 1.74. The van der Waals surface area contributed by atoms with Crippen molar-refractivity contribution in [2.24, 2.45) is 5.73 Å². The van der Waals surface area contributed by atoms with Gasteiger partial charge in [0, 0.05) is 13.5 Å². The van der Waals surface area contributed by atoms with Gasteiger partial charge in [-0.05, 0) is 19.8 Å². The Labute approximate surface area is 78.1 Å². The number of nitrogens with zero attached hydrogens (tertiary/aromatic N) is 1. The third-order valence-corrected chi connectivity index (χ3v) is 2.43. The van der Waals surface area contributed by atoms with E-state index in [1.807, 2.05) is 0 Å². The van der Waals surface area contributed by atoms with Crippen LogP contribution in [-0.2, 0) is 9.59 Å². The molecule has 1 fully saturated rings. The van der Waals surface area contributed by atoms with E-state index in [1.54, 1.807) is 11.8 Å². The van der Waals surface area contributed by atoms with E-state index in [-0.39, 0.29) is 17.7 Å². The predicted octanol–water partition coefficient (Wildman–Crippen LogP) is -0.0864. The molecule has 4 nitrogen and oxygen atoms in total. The molecule has 74 valence electrons. The monoisotopic (exact) mass is 184 g/mol. The lowest BCUT2D eigenvalue weighted by Crippen LogP contribution is -2.45. The Hall–Kier alpha value is -0.900. The van der Waals surface area contributed by atoms with E-state index in [9.17, 15) is 9.59 Å². The van der Waals surface area contributed by atoms with Gasteiger partial charge in [0.2, 0.25) is 5.91 Å². The summed E-state index contributed by atoms with van der Waals surface area (Å²) in [5, 5.41) is 0. The lowest BCUT2D eigenvalue weighted by Gasteiger charge is -2.23. The summed E-state index contributed by atoms with van der Waals surface area (Å²) in [5.41, 5.74) is 5.49. The Kier molecular flexibility index (Phi) is 3.03. The van der Waals surface area contributed by atoms with Crippen molar-refractivity contribution in [3.8, 4) is 0 Å². The van der Waals surface area contributed by atoms with Crippen molar-refractivity contribution in [2.75, 3.05) is 6.54 Å². The molecule has 0 aliphatic carbocycles. The number of likely N-dealkylation sites (tertiary alicyclic amines) is 1. The molecule has 2 atom stereocenters. The smallest absolute Gasteiger partial charge is 0.220 e. The zero-order valence-electron chi connectivity index (χ0n) is 8.12. The average molecular weight is 184 g/mol. The predicted molar refractivity (Wildman–Crippen MR) is 49.1 cm³/mol. The minimum Gasteiger partial charge on any atom is -0.333 e. The van der Waals surface area contributed by atoms with Crippen LogP contribution < -0.4 is 5.73 Å². The van der Waals surface area contributed by atoms with E-state index >= 15 is 0 Å². The molecule has 0 aromatic carbocycles. The van der Waals surface area contributed by atoms with Gasteiger partial charge in [-0.1, -0.05) is 0 Å². The molecule has 0 aromatic rings. The van der Waals surface area contributed by atoms with Gasteiger partial charge in [-0.15, -0.1) is 0 Å². The molecule has 0 spiro atoms. The van der Waals surface area contributed by atoms with Gasteiger partial charge < -0.3 is 10.6 Å². The van der Waals surface area contributed by atoms with E-state index in [0.717, 1.165) is 12.8 Å². The summed E-state index contributed by atoms with van der Waals surface area (Å²) in [5.74, 6) is -0.0517. The molecule has 1 amide bonds. The highest BCUT2D eigenvalue weighted by molar-refractivity contribution is 5.92. The summed E-state index contributed by atoms with van der Waals surface area (Å²) in [6.45, 7) is 3.85. The topological polar surface area (TPSA) is 63.4 Å². The number of ketones is 1. The van der Waals surface area contributed by atoms with Gasteiger partial charge in [0.25, 0.3) is 0 Å². The Morgan fingerprint density at radius 1 is 1.54 bits per heavy atom. The number of hydrogen-bond donors (Lipinski definition) is 1. The van der Waals surface area contributed by atoms with Crippen molar-refractivity contribution in [3.05, 3.63) is 0 Å². The maximum Gasteiger partial charge on any atom is 0.220 e. The quantitative estimate of drug-likeness (QED) is 0.652. The number of rotatable bonds is 2. The molecule has 0 bridgehead atoms. The second-order valence-electron chi connectivity index (χ2n) is 3.56. The van der Waals surface area contributed by atoms with Gasteiger partial charge in [-0.2, -0.15) is 0 Å². The van der Waals surface area contributed by atoms with Gasteiger partial charge in [-0.3, -0.25) is 9.59 Å². The largest absolute Gasteiger partial charge is 0.333 e. The first-order chi connectivity index (χ1) is 6.04. The molecule has 2 unspecified atom stereocenters. The lowest BCUT2D eigenvalue weighted by molar-refractivity contribution is -0.136. The number of amides is 1. The molecule has 0 saturated carbocycles. The molecule has 1 heterocycles. The first kappa shape index (κ1) is 10.2. The third-order valence-electron chi connectivity index (χ3n) is 2.43. The molecule has 2 N–H and O–H groups in total. The fourth-order valence-electron chi connectivity index (χ4n) is 1.74. The first-order valence-electron chi connectivity index (χ1n) is 4.60. The van der Waals surface area contributed by atoms with E-state index in [4.69, 9.17) is 5.73 Å². The molecule has 1 aliphatic rings. The van der Waals surface area contributed by atoms with Crippen molar-refractivity contribution in [3.63, 3.8) is 0 Å².